The molecule has 1 aromatic carbocycles. The number of carbonyl (C=O) groups excluding carboxylic acids is 1. The van der Waals surface area contributed by atoms with Crippen LogP contribution in [0.4, 0.5) is 10.5 Å². The van der Waals surface area contributed by atoms with Crippen LogP contribution in [0.3, 0.4) is 0 Å². The third kappa shape index (κ3) is 4.19. The molecule has 3 N–H and O–H groups in total. The van der Waals surface area contributed by atoms with Crippen LogP contribution in [0, 0.1) is 0 Å². The molecule has 0 bridgehead atoms. The van der Waals surface area contributed by atoms with Gasteiger partial charge < -0.3 is 10.4 Å². The number of urea groups is 1. The molecule has 0 unspecified atom stereocenters. The summed E-state index contributed by atoms with van der Waals surface area (Å²) >= 11 is 2.79. The van der Waals surface area contributed by atoms with Crippen LogP contribution in [-0.2, 0) is 24.9 Å². The average molecular weight is 377 g/mol. The third-order valence-electron chi connectivity index (χ3n) is 4.51. The van der Waals surface area contributed by atoms with Gasteiger partial charge in [-0.15, -0.1) is 11.3 Å². The number of aryl methyl sites for hydroxylation is 2. The Hall–Kier alpha value is -1.50. The highest BCUT2D eigenvalue weighted by atomic mass is 32.2. The fourth-order valence-corrected chi connectivity index (χ4v) is 4.78. The summed E-state index contributed by atoms with van der Waals surface area (Å²) in [4.78, 5) is 12.4. The maximum absolute atomic E-state index is 12.4. The molecule has 134 valence electrons. The SMILES string of the molecule is CCc1ccc2c(c1NC(=O)NSc1cc(C(C)(C)O)cs1)CCC2. The number of aliphatic hydroxyl groups is 1. The first-order valence-corrected chi connectivity index (χ1v) is 10.3. The number of hydrogen-bond donors (Lipinski definition) is 3. The van der Waals surface area contributed by atoms with Gasteiger partial charge in [0.2, 0.25) is 0 Å². The van der Waals surface area contributed by atoms with E-state index >= 15 is 0 Å². The largest absolute Gasteiger partial charge is 0.386 e. The number of anilines is 1. The first-order chi connectivity index (χ1) is 11.9. The molecule has 1 aromatic heterocycles. The fourth-order valence-electron chi connectivity index (χ4n) is 3.09. The average Bonchev–Trinajstić information content (AvgIpc) is 3.22. The Balaban J connectivity index is 1.66. The summed E-state index contributed by atoms with van der Waals surface area (Å²) in [5.41, 5.74) is 4.81. The second-order valence-electron chi connectivity index (χ2n) is 6.82. The van der Waals surface area contributed by atoms with Gasteiger partial charge in [0.1, 0.15) is 0 Å². The fraction of sp³-hybridized carbons (Fsp3) is 0.421. The Morgan fingerprint density at radius 1 is 1.36 bits per heavy atom. The topological polar surface area (TPSA) is 61.4 Å². The molecule has 4 nitrogen and oxygen atoms in total. The van der Waals surface area contributed by atoms with E-state index in [1.807, 2.05) is 11.4 Å². The van der Waals surface area contributed by atoms with Crippen molar-refractivity contribution in [3.63, 3.8) is 0 Å². The van der Waals surface area contributed by atoms with Crippen LogP contribution >= 0.6 is 23.3 Å². The van der Waals surface area contributed by atoms with Crippen LogP contribution in [0.2, 0.25) is 0 Å². The van der Waals surface area contributed by atoms with Crippen LogP contribution < -0.4 is 10.0 Å². The summed E-state index contributed by atoms with van der Waals surface area (Å²) in [7, 11) is 0. The lowest BCUT2D eigenvalue weighted by atomic mass is 10.0. The number of amides is 2. The Kier molecular flexibility index (Phi) is 5.41. The van der Waals surface area contributed by atoms with Crippen molar-refractivity contribution in [2.75, 3.05) is 5.32 Å². The number of benzene rings is 1. The van der Waals surface area contributed by atoms with E-state index < -0.39 is 5.60 Å². The summed E-state index contributed by atoms with van der Waals surface area (Å²) in [5.74, 6) is 0. The Labute approximate surface area is 157 Å². The summed E-state index contributed by atoms with van der Waals surface area (Å²) < 4.78 is 3.80. The molecule has 3 rings (SSSR count). The van der Waals surface area contributed by atoms with E-state index in [-0.39, 0.29) is 6.03 Å². The molecule has 0 spiro atoms. The number of thiophene rings is 1. The predicted octanol–water partition coefficient (Wildman–Crippen LogP) is 4.86. The molecule has 2 amide bonds. The van der Waals surface area contributed by atoms with Gasteiger partial charge in [0.15, 0.2) is 0 Å². The summed E-state index contributed by atoms with van der Waals surface area (Å²) in [6.45, 7) is 5.62. The molecule has 0 fully saturated rings. The van der Waals surface area contributed by atoms with Crippen LogP contribution in [-0.4, -0.2) is 11.1 Å². The molecule has 1 aliphatic rings. The van der Waals surface area contributed by atoms with Gasteiger partial charge in [0.25, 0.3) is 0 Å². The summed E-state index contributed by atoms with van der Waals surface area (Å²) in [6, 6.07) is 6.02. The molecule has 2 aromatic rings. The monoisotopic (exact) mass is 376 g/mol. The Morgan fingerprint density at radius 2 is 2.16 bits per heavy atom. The van der Waals surface area contributed by atoms with Gasteiger partial charge in [-0.25, -0.2) is 4.79 Å². The van der Waals surface area contributed by atoms with Crippen LogP contribution in [0.25, 0.3) is 0 Å². The van der Waals surface area contributed by atoms with E-state index in [0.717, 1.165) is 41.1 Å². The van der Waals surface area contributed by atoms with Gasteiger partial charge in [-0.2, -0.15) is 0 Å². The minimum absolute atomic E-state index is 0.210. The van der Waals surface area contributed by atoms with Crippen LogP contribution in [0.1, 0.15) is 49.4 Å². The normalized spacial score (nSPS) is 13.6. The first-order valence-electron chi connectivity index (χ1n) is 8.57. The van der Waals surface area contributed by atoms with Crippen molar-refractivity contribution in [3.8, 4) is 0 Å². The van der Waals surface area contributed by atoms with Gasteiger partial charge in [-0.3, -0.25) is 4.72 Å². The summed E-state index contributed by atoms with van der Waals surface area (Å²) in [6.07, 6.45) is 4.18. The molecule has 0 radical (unpaired) electrons. The van der Waals surface area contributed by atoms with Gasteiger partial charge in [0, 0.05) is 5.69 Å². The minimum atomic E-state index is -0.863. The highest BCUT2D eigenvalue weighted by Gasteiger charge is 2.20. The van der Waals surface area contributed by atoms with Crippen LogP contribution in [0.15, 0.2) is 27.8 Å². The lowest BCUT2D eigenvalue weighted by Gasteiger charge is -2.15. The highest BCUT2D eigenvalue weighted by molar-refractivity contribution is 7.99. The molecule has 0 saturated heterocycles. The van der Waals surface area contributed by atoms with E-state index in [1.165, 1.54) is 40.0 Å². The Morgan fingerprint density at radius 3 is 2.84 bits per heavy atom. The molecular formula is C19H24N2O2S2. The van der Waals surface area contributed by atoms with Crippen molar-refractivity contribution in [1.29, 1.82) is 0 Å². The van der Waals surface area contributed by atoms with Crippen molar-refractivity contribution >= 4 is 35.0 Å². The maximum atomic E-state index is 12.4. The highest BCUT2D eigenvalue weighted by Crippen LogP contribution is 2.33. The predicted molar refractivity (Wildman–Crippen MR) is 105 cm³/mol. The molecule has 0 atom stereocenters. The molecule has 1 aliphatic carbocycles. The zero-order chi connectivity index (χ0) is 18.0. The number of hydrogen-bond acceptors (Lipinski definition) is 4. The quantitative estimate of drug-likeness (QED) is 0.653. The number of rotatable bonds is 5. The van der Waals surface area contributed by atoms with Crippen molar-refractivity contribution in [3.05, 3.63) is 45.8 Å². The Bertz CT molecular complexity index is 778. The number of carbonyl (C=O) groups is 1. The third-order valence-corrected chi connectivity index (χ3v) is 6.38. The van der Waals surface area contributed by atoms with Crippen molar-refractivity contribution < 1.29 is 9.90 Å². The van der Waals surface area contributed by atoms with Gasteiger partial charge >= 0.3 is 6.03 Å². The number of fused-ring (bicyclic) bond motifs is 1. The lowest BCUT2D eigenvalue weighted by Crippen LogP contribution is -2.24. The van der Waals surface area contributed by atoms with E-state index in [9.17, 15) is 9.90 Å². The smallest absolute Gasteiger partial charge is 0.329 e. The van der Waals surface area contributed by atoms with E-state index in [1.54, 1.807) is 13.8 Å². The molecule has 0 saturated carbocycles. The molecule has 1 heterocycles. The lowest BCUT2D eigenvalue weighted by molar-refractivity contribution is 0.0789. The van der Waals surface area contributed by atoms with Gasteiger partial charge in [0.05, 0.1) is 9.81 Å². The number of nitrogens with one attached hydrogen (secondary N) is 2. The first kappa shape index (κ1) is 18.3. The minimum Gasteiger partial charge on any atom is -0.386 e. The van der Waals surface area contributed by atoms with Gasteiger partial charge in [-0.1, -0.05) is 19.1 Å². The molecule has 0 aliphatic heterocycles. The molecule has 25 heavy (non-hydrogen) atoms. The zero-order valence-corrected chi connectivity index (χ0v) is 16.4. The van der Waals surface area contributed by atoms with E-state index in [2.05, 4.69) is 29.1 Å². The summed E-state index contributed by atoms with van der Waals surface area (Å²) in [5, 5.41) is 15.0. The zero-order valence-electron chi connectivity index (χ0n) is 14.8. The van der Waals surface area contributed by atoms with Crippen molar-refractivity contribution in [2.45, 2.75) is 56.3 Å². The van der Waals surface area contributed by atoms with E-state index in [4.69, 9.17) is 0 Å². The standard InChI is InChI=1S/C19H24N2O2S2/c1-4-12-8-9-13-6-5-7-15(13)17(12)20-18(22)21-25-16-10-14(11-24-16)19(2,3)23/h8-11,23H,4-7H2,1-3H3,(H2,20,21,22). The van der Waals surface area contributed by atoms with Crippen molar-refractivity contribution in [1.82, 2.24) is 4.72 Å². The van der Waals surface area contributed by atoms with Crippen LogP contribution in [0.5, 0.6) is 0 Å². The molecule has 6 heteroatoms. The van der Waals surface area contributed by atoms with Crippen molar-refractivity contribution in [2.24, 2.45) is 0 Å². The maximum Gasteiger partial charge on any atom is 0.329 e. The van der Waals surface area contributed by atoms with E-state index in [0.29, 0.717) is 0 Å². The second-order valence-corrected chi connectivity index (χ2v) is 8.83. The van der Waals surface area contributed by atoms with Gasteiger partial charge in [-0.05, 0) is 85.2 Å². The molecular weight excluding hydrogens is 352 g/mol. The second kappa shape index (κ2) is 7.40.